The third-order valence-electron chi connectivity index (χ3n) is 2.89. The predicted molar refractivity (Wildman–Crippen MR) is 66.6 cm³/mol. The number of benzene rings is 1. The fourth-order valence-corrected chi connectivity index (χ4v) is 3.28. The van der Waals surface area contributed by atoms with Crippen LogP contribution in [0.3, 0.4) is 0 Å². The van der Waals surface area contributed by atoms with Crippen LogP contribution >= 0.6 is 0 Å². The van der Waals surface area contributed by atoms with Crippen molar-refractivity contribution in [1.82, 2.24) is 9.44 Å². The molecule has 2 unspecified atom stereocenters. The van der Waals surface area contributed by atoms with Crippen molar-refractivity contribution in [1.29, 1.82) is 0 Å². The topological polar surface area (TPSA) is 84.2 Å². The zero-order chi connectivity index (χ0) is 12.5. The molecule has 1 aliphatic rings. The Labute approximate surface area is 102 Å². The van der Waals surface area contributed by atoms with Crippen LogP contribution in [0, 0.1) is 0 Å². The summed E-state index contributed by atoms with van der Waals surface area (Å²) in [5, 5.41) is 0. The van der Waals surface area contributed by atoms with Crippen molar-refractivity contribution in [3.63, 3.8) is 0 Å². The van der Waals surface area contributed by atoms with Gasteiger partial charge in [-0.25, -0.2) is 4.72 Å². The van der Waals surface area contributed by atoms with E-state index in [1.54, 1.807) is 6.92 Å². The van der Waals surface area contributed by atoms with Crippen molar-refractivity contribution in [2.24, 2.45) is 5.73 Å². The first-order chi connectivity index (χ1) is 8.03. The summed E-state index contributed by atoms with van der Waals surface area (Å²) in [6.45, 7) is 2.10. The maximum atomic E-state index is 11.7. The molecular formula is C11H17N3O2S. The Morgan fingerprint density at radius 2 is 2.12 bits per heavy atom. The molecular weight excluding hydrogens is 238 g/mol. The monoisotopic (exact) mass is 255 g/mol. The molecule has 94 valence electrons. The molecule has 0 radical (unpaired) electrons. The summed E-state index contributed by atoms with van der Waals surface area (Å²) in [5.74, 6) is 0. The summed E-state index contributed by atoms with van der Waals surface area (Å²) in [6.07, 6.45) is 0.704. The van der Waals surface area contributed by atoms with E-state index in [1.165, 1.54) is 0 Å². The fourth-order valence-electron chi connectivity index (χ4n) is 2.18. The van der Waals surface area contributed by atoms with Crippen molar-refractivity contribution in [3.05, 3.63) is 35.4 Å². The van der Waals surface area contributed by atoms with Gasteiger partial charge in [0.15, 0.2) is 0 Å². The second-order valence-corrected chi connectivity index (χ2v) is 5.69. The molecule has 1 aromatic carbocycles. The lowest BCUT2D eigenvalue weighted by Crippen LogP contribution is -2.43. The summed E-state index contributed by atoms with van der Waals surface area (Å²) in [4.78, 5) is 0. The lowest BCUT2D eigenvalue weighted by Gasteiger charge is -2.18. The number of nitrogens with one attached hydrogen (secondary N) is 2. The average Bonchev–Trinajstić information content (AvgIpc) is 2.55. The van der Waals surface area contributed by atoms with Crippen molar-refractivity contribution >= 4 is 10.2 Å². The highest BCUT2D eigenvalue weighted by Gasteiger charge is 2.32. The number of rotatable bonds is 4. The van der Waals surface area contributed by atoms with Crippen molar-refractivity contribution in [2.75, 3.05) is 6.54 Å². The molecule has 0 aliphatic heterocycles. The van der Waals surface area contributed by atoms with Crippen LogP contribution in [-0.4, -0.2) is 21.0 Å². The van der Waals surface area contributed by atoms with Crippen LogP contribution in [-0.2, 0) is 16.6 Å². The largest absolute Gasteiger partial charge is 0.326 e. The van der Waals surface area contributed by atoms with E-state index in [0.717, 1.165) is 11.1 Å². The number of fused-ring (bicyclic) bond motifs is 1. The summed E-state index contributed by atoms with van der Waals surface area (Å²) in [6, 6.07) is 7.19. The van der Waals surface area contributed by atoms with Crippen molar-refractivity contribution < 1.29 is 8.42 Å². The zero-order valence-electron chi connectivity index (χ0n) is 9.68. The molecule has 0 aromatic heterocycles. The summed E-state index contributed by atoms with van der Waals surface area (Å²) in [7, 11) is -3.47. The third-order valence-corrected chi connectivity index (χ3v) is 4.12. The second kappa shape index (κ2) is 4.73. The highest BCUT2D eigenvalue weighted by molar-refractivity contribution is 7.87. The van der Waals surface area contributed by atoms with Gasteiger partial charge in [0.2, 0.25) is 0 Å². The van der Waals surface area contributed by atoms with Crippen molar-refractivity contribution in [3.8, 4) is 0 Å². The van der Waals surface area contributed by atoms with Crippen molar-refractivity contribution in [2.45, 2.75) is 25.4 Å². The van der Waals surface area contributed by atoms with E-state index in [1.807, 2.05) is 24.3 Å². The van der Waals surface area contributed by atoms with Gasteiger partial charge >= 0.3 is 0 Å². The molecule has 17 heavy (non-hydrogen) atoms. The third kappa shape index (κ3) is 2.66. The quantitative estimate of drug-likeness (QED) is 0.711. The van der Waals surface area contributed by atoms with Crippen LogP contribution in [0.15, 0.2) is 24.3 Å². The number of nitrogens with two attached hydrogens (primary N) is 1. The van der Waals surface area contributed by atoms with E-state index in [4.69, 9.17) is 5.73 Å². The van der Waals surface area contributed by atoms with E-state index >= 15 is 0 Å². The first-order valence-corrected chi connectivity index (χ1v) is 7.12. The molecule has 5 nitrogen and oxygen atoms in total. The average molecular weight is 255 g/mol. The van der Waals surface area contributed by atoms with Gasteiger partial charge in [-0.15, -0.1) is 0 Å². The minimum Gasteiger partial charge on any atom is -0.326 e. The molecule has 0 amide bonds. The Morgan fingerprint density at radius 1 is 1.41 bits per heavy atom. The Hall–Kier alpha value is -0.950. The van der Waals surface area contributed by atoms with E-state index in [-0.39, 0.29) is 12.1 Å². The highest BCUT2D eigenvalue weighted by atomic mass is 32.2. The summed E-state index contributed by atoms with van der Waals surface area (Å²) < 4.78 is 28.3. The van der Waals surface area contributed by atoms with Gasteiger partial charge in [0, 0.05) is 12.6 Å². The molecule has 4 N–H and O–H groups in total. The second-order valence-electron chi connectivity index (χ2n) is 4.16. The highest BCUT2D eigenvalue weighted by Crippen LogP contribution is 2.30. The lowest BCUT2D eigenvalue weighted by atomic mass is 10.1. The first kappa shape index (κ1) is 12.5. The van der Waals surface area contributed by atoms with Crippen LogP contribution in [0.2, 0.25) is 0 Å². The Kier molecular flexibility index (Phi) is 3.48. The minimum absolute atomic E-state index is 0.208. The summed E-state index contributed by atoms with van der Waals surface area (Å²) >= 11 is 0. The molecule has 0 saturated carbocycles. The Morgan fingerprint density at radius 3 is 2.82 bits per heavy atom. The maximum Gasteiger partial charge on any atom is 0.277 e. The van der Waals surface area contributed by atoms with E-state index in [2.05, 4.69) is 9.44 Å². The molecule has 6 heteroatoms. The Bertz CT molecular complexity index is 501. The van der Waals surface area contributed by atoms with Gasteiger partial charge in [-0.05, 0) is 17.5 Å². The van der Waals surface area contributed by atoms with Crippen LogP contribution in [0.1, 0.15) is 24.1 Å². The van der Waals surface area contributed by atoms with Gasteiger partial charge in [0.25, 0.3) is 10.2 Å². The maximum absolute atomic E-state index is 11.7. The molecule has 2 rings (SSSR count). The summed E-state index contributed by atoms with van der Waals surface area (Å²) in [5.41, 5.74) is 8.07. The Balaban J connectivity index is 2.23. The first-order valence-electron chi connectivity index (χ1n) is 5.64. The van der Waals surface area contributed by atoms with Crippen LogP contribution in [0.25, 0.3) is 0 Å². The molecule has 2 atom stereocenters. The molecule has 0 spiro atoms. The molecule has 0 saturated heterocycles. The fraction of sp³-hybridized carbons (Fsp3) is 0.455. The molecule has 0 fully saturated rings. The molecule has 1 aliphatic carbocycles. The predicted octanol–water partition coefficient (Wildman–Crippen LogP) is 0.0550. The van der Waals surface area contributed by atoms with Gasteiger partial charge in [-0.3, -0.25) is 0 Å². The normalized spacial score (nSPS) is 23.6. The van der Waals surface area contributed by atoms with Gasteiger partial charge < -0.3 is 5.73 Å². The number of hydrogen-bond acceptors (Lipinski definition) is 3. The molecule has 0 bridgehead atoms. The van der Waals surface area contributed by atoms with Gasteiger partial charge in [-0.1, -0.05) is 31.2 Å². The standard InChI is InChI=1S/C11H17N3O2S/c1-2-13-17(15,16)14-11-9-6-4-3-5-8(9)7-10(11)12/h3-6,10-11,13-14H,2,7,12H2,1H3. The van der Waals surface area contributed by atoms with Gasteiger partial charge in [0.1, 0.15) is 0 Å². The van der Waals surface area contributed by atoms with Crippen LogP contribution in [0.4, 0.5) is 0 Å². The SMILES string of the molecule is CCNS(=O)(=O)NC1c2ccccc2CC1N. The van der Waals surface area contributed by atoms with Crippen LogP contribution < -0.4 is 15.2 Å². The van der Waals surface area contributed by atoms with E-state index in [0.29, 0.717) is 13.0 Å². The van der Waals surface area contributed by atoms with E-state index in [9.17, 15) is 8.42 Å². The smallest absolute Gasteiger partial charge is 0.277 e. The zero-order valence-corrected chi connectivity index (χ0v) is 10.5. The van der Waals surface area contributed by atoms with Gasteiger partial charge in [0.05, 0.1) is 6.04 Å². The van der Waals surface area contributed by atoms with Crippen LogP contribution in [0.5, 0.6) is 0 Å². The minimum atomic E-state index is -3.47. The van der Waals surface area contributed by atoms with E-state index < -0.39 is 10.2 Å². The number of hydrogen-bond donors (Lipinski definition) is 3. The molecule has 0 heterocycles. The lowest BCUT2D eigenvalue weighted by molar-refractivity contribution is 0.510. The van der Waals surface area contributed by atoms with Gasteiger partial charge in [-0.2, -0.15) is 13.1 Å². The molecule has 1 aromatic rings.